The molecule has 9 nitrogen and oxygen atoms in total. The van der Waals surface area contributed by atoms with Crippen molar-refractivity contribution in [2.24, 2.45) is 17.3 Å². The fourth-order valence-electron chi connectivity index (χ4n) is 8.76. The zero-order chi connectivity index (χ0) is 41.7. The number of nitrogens with one attached hydrogen (secondary N) is 1. The summed E-state index contributed by atoms with van der Waals surface area (Å²) in [7, 11) is 1.42. The minimum Gasteiger partial charge on any atom is -0.480 e. The number of amides is 2. The van der Waals surface area contributed by atoms with E-state index in [2.05, 4.69) is 35.7 Å². The number of methoxy groups -OCH3 is 1. The molecule has 0 saturated carbocycles. The van der Waals surface area contributed by atoms with Crippen molar-refractivity contribution in [1.82, 2.24) is 14.8 Å². The Morgan fingerprint density at radius 3 is 2.40 bits per heavy atom. The monoisotopic (exact) mass is 795 g/mol. The second kappa shape index (κ2) is 18.1. The highest BCUT2D eigenvalue weighted by molar-refractivity contribution is 5.82. The van der Waals surface area contributed by atoms with Crippen molar-refractivity contribution >= 4 is 23.5 Å². The number of carboxylic acids is 1. The first kappa shape index (κ1) is 42.3. The van der Waals surface area contributed by atoms with Gasteiger partial charge in [-0.3, -0.25) is 4.79 Å². The Bertz CT molecular complexity index is 2080. The van der Waals surface area contributed by atoms with Gasteiger partial charge in [-0.05, 0) is 83.1 Å². The predicted molar refractivity (Wildman–Crippen MR) is 220 cm³/mol. The van der Waals surface area contributed by atoms with Gasteiger partial charge >= 0.3 is 12.1 Å². The van der Waals surface area contributed by atoms with E-state index in [4.69, 9.17) is 9.47 Å². The maximum Gasteiger partial charge on any atom is 0.407 e. The molecule has 3 aliphatic carbocycles. The van der Waals surface area contributed by atoms with Gasteiger partial charge in [0.05, 0.1) is 12.6 Å². The highest BCUT2D eigenvalue weighted by Gasteiger charge is 2.41. The third kappa shape index (κ3) is 9.36. The number of nitrogens with zero attached hydrogens (tertiary/aromatic N) is 2. The second-order valence-corrected chi connectivity index (χ2v) is 16.7. The Hall–Kier alpha value is -5.29. The number of benzene rings is 2. The van der Waals surface area contributed by atoms with E-state index < -0.39 is 59.5 Å². The fraction of sp³-hybridized carbons (Fsp3) is 0.426. The lowest BCUT2D eigenvalue weighted by atomic mass is 9.82. The molecule has 2 aromatic carbocycles. The van der Waals surface area contributed by atoms with E-state index in [1.54, 1.807) is 31.0 Å². The van der Waals surface area contributed by atoms with Crippen molar-refractivity contribution in [2.45, 2.75) is 90.2 Å². The van der Waals surface area contributed by atoms with Gasteiger partial charge in [0, 0.05) is 43.9 Å². The van der Waals surface area contributed by atoms with Gasteiger partial charge in [0.15, 0.2) is 0 Å². The second-order valence-electron chi connectivity index (χ2n) is 16.7. The van der Waals surface area contributed by atoms with Gasteiger partial charge in [0.2, 0.25) is 0 Å². The summed E-state index contributed by atoms with van der Waals surface area (Å²) >= 11 is 0. The number of carbonyl (C=O) groups excluding carboxylic acids is 2. The lowest BCUT2D eigenvalue weighted by Gasteiger charge is -2.42. The molecule has 0 fully saturated rings. The lowest BCUT2D eigenvalue weighted by Crippen LogP contribution is -2.49. The third-order valence-electron chi connectivity index (χ3n) is 11.6. The van der Waals surface area contributed by atoms with E-state index in [1.807, 2.05) is 73.9 Å². The number of halogens is 2. The van der Waals surface area contributed by atoms with Crippen LogP contribution in [0.1, 0.15) is 93.3 Å². The standard InChI is InChI=1S/C47H55F2N3O6/c1-29-24-33(48)26-39(42(29)49)32-25-41(51(28-32)27-31-14-8-7-9-15-31)43(47(3,4)5)52(44(53)30(2)57-6)22-20-40(45(54)55)50-46(56)58-23-21-38-36-18-12-10-16-34(36)35-17-11-13-19-37(35)38/h7-19,24-26,28-30,34,36,38,40,42-43H,20-23,27H2,1-6H3,(H,50,56)(H,54,55)/t29?,30-,34?,36?,38?,40-,42?,43-/m0/s1. The van der Waals surface area contributed by atoms with E-state index in [0.29, 0.717) is 24.2 Å². The zero-order valence-corrected chi connectivity index (χ0v) is 34.1. The lowest BCUT2D eigenvalue weighted by molar-refractivity contribution is -0.148. The van der Waals surface area contributed by atoms with E-state index >= 15 is 4.39 Å². The first-order valence-electron chi connectivity index (χ1n) is 20.1. The van der Waals surface area contributed by atoms with Gasteiger partial charge in [-0.1, -0.05) is 107 Å². The number of carbonyl (C=O) groups is 3. The Kier molecular flexibility index (Phi) is 13.2. The van der Waals surface area contributed by atoms with Crippen LogP contribution in [0, 0.1) is 17.3 Å². The van der Waals surface area contributed by atoms with Crippen molar-refractivity contribution < 1.29 is 37.7 Å². The van der Waals surface area contributed by atoms with Gasteiger partial charge in [-0.25, -0.2) is 18.4 Å². The molecule has 1 aromatic heterocycles. The number of alkyl halides is 1. The number of allylic oxidation sites excluding steroid dienone is 8. The average molecular weight is 796 g/mol. The molecule has 0 bridgehead atoms. The van der Waals surface area contributed by atoms with Crippen LogP contribution in [0.15, 0.2) is 109 Å². The highest BCUT2D eigenvalue weighted by atomic mass is 19.1. The first-order chi connectivity index (χ1) is 27.7. The molecule has 0 aliphatic heterocycles. The molecule has 11 heteroatoms. The molecule has 6 rings (SSSR count). The van der Waals surface area contributed by atoms with E-state index in [1.165, 1.54) is 30.4 Å². The maximum absolute atomic E-state index is 15.7. The SMILES string of the molecule is CO[C@@H](C)C(=O)N(CC[C@H](NC(=O)OCCC1c2ccccc2C2C=CC=CC21)C(=O)O)[C@@H](c1cc(C2=CC(F)=CC(C)C2F)cn1Cc1ccccc1)C(C)(C)C. The topological polar surface area (TPSA) is 110 Å². The molecule has 3 aromatic rings. The summed E-state index contributed by atoms with van der Waals surface area (Å²) in [5.74, 6) is -2.21. The summed E-state index contributed by atoms with van der Waals surface area (Å²) in [5.41, 5.74) is 4.12. The summed E-state index contributed by atoms with van der Waals surface area (Å²) in [4.78, 5) is 41.7. The van der Waals surface area contributed by atoms with Crippen LogP contribution < -0.4 is 5.32 Å². The Morgan fingerprint density at radius 1 is 1.02 bits per heavy atom. The van der Waals surface area contributed by atoms with Crippen molar-refractivity contribution in [1.29, 1.82) is 0 Å². The minimum absolute atomic E-state index is 0.0812. The number of hydrogen-bond acceptors (Lipinski definition) is 5. The van der Waals surface area contributed by atoms with Gasteiger partial charge < -0.3 is 29.4 Å². The third-order valence-corrected chi connectivity index (χ3v) is 11.6. The molecule has 2 N–H and O–H groups in total. The Balaban J connectivity index is 1.24. The number of aromatic nitrogens is 1. The summed E-state index contributed by atoms with van der Waals surface area (Å²) < 4.78 is 43.5. The highest BCUT2D eigenvalue weighted by Crippen LogP contribution is 2.50. The molecule has 8 atom stereocenters. The summed E-state index contributed by atoms with van der Waals surface area (Å²) in [6.07, 6.45) is 9.98. The van der Waals surface area contributed by atoms with Crippen molar-refractivity contribution in [3.63, 3.8) is 0 Å². The van der Waals surface area contributed by atoms with E-state index in [9.17, 15) is 23.9 Å². The predicted octanol–water partition coefficient (Wildman–Crippen LogP) is 9.29. The van der Waals surface area contributed by atoms with Gasteiger partial charge in [-0.15, -0.1) is 0 Å². The number of ether oxygens (including phenoxy) is 2. The summed E-state index contributed by atoms with van der Waals surface area (Å²) in [6.45, 7) is 9.52. The van der Waals surface area contributed by atoms with Crippen molar-refractivity contribution in [3.8, 4) is 0 Å². The molecule has 2 amide bonds. The van der Waals surface area contributed by atoms with Gasteiger partial charge in [0.25, 0.3) is 5.91 Å². The van der Waals surface area contributed by atoms with Crippen LogP contribution in [0.3, 0.4) is 0 Å². The molecule has 1 heterocycles. The van der Waals surface area contributed by atoms with Crippen molar-refractivity contribution in [2.75, 3.05) is 20.3 Å². The van der Waals surface area contributed by atoms with Gasteiger partial charge in [-0.2, -0.15) is 0 Å². The van der Waals surface area contributed by atoms with Crippen LogP contribution in [0.4, 0.5) is 13.6 Å². The quantitative estimate of drug-likeness (QED) is 0.159. The zero-order valence-electron chi connectivity index (χ0n) is 34.1. The molecule has 0 spiro atoms. The van der Waals surface area contributed by atoms with Crippen LogP contribution in [0.5, 0.6) is 0 Å². The number of carboxylic acid groups (broad SMARTS) is 1. The van der Waals surface area contributed by atoms with Crippen LogP contribution >= 0.6 is 0 Å². The molecule has 5 unspecified atom stereocenters. The molecular formula is C47H55F2N3O6. The van der Waals surface area contributed by atoms with Crippen molar-refractivity contribution in [3.05, 3.63) is 137 Å². The molecule has 0 radical (unpaired) electrons. The largest absolute Gasteiger partial charge is 0.480 e. The summed E-state index contributed by atoms with van der Waals surface area (Å²) in [5, 5.41) is 12.8. The minimum atomic E-state index is -1.45. The smallest absolute Gasteiger partial charge is 0.407 e. The normalized spacial score (nSPS) is 22.5. The number of hydrogen-bond donors (Lipinski definition) is 2. The molecular weight excluding hydrogens is 741 g/mol. The van der Waals surface area contributed by atoms with Crippen LogP contribution in [-0.4, -0.2) is 71.1 Å². The fourth-order valence-corrected chi connectivity index (χ4v) is 8.76. The Labute approximate surface area is 340 Å². The molecule has 308 valence electrons. The average Bonchev–Trinajstić information content (AvgIpc) is 3.74. The first-order valence-corrected chi connectivity index (χ1v) is 20.1. The number of rotatable bonds is 15. The number of fused-ring (bicyclic) bond motifs is 3. The molecule has 0 saturated heterocycles. The van der Waals surface area contributed by atoms with E-state index in [-0.39, 0.29) is 42.9 Å². The maximum atomic E-state index is 15.7. The van der Waals surface area contributed by atoms with E-state index in [0.717, 1.165) is 5.56 Å². The van der Waals surface area contributed by atoms with Crippen LogP contribution in [-0.2, 0) is 25.6 Å². The Morgan fingerprint density at radius 2 is 1.71 bits per heavy atom. The molecule has 3 aliphatic rings. The van der Waals surface area contributed by atoms with Crippen LogP contribution in [0.25, 0.3) is 5.57 Å². The van der Waals surface area contributed by atoms with Crippen LogP contribution in [0.2, 0.25) is 0 Å². The number of alkyl carbamates (subject to hydrolysis) is 1. The number of aliphatic carboxylic acids is 1. The summed E-state index contributed by atoms with van der Waals surface area (Å²) in [6, 6.07) is 17.7. The molecule has 58 heavy (non-hydrogen) atoms. The van der Waals surface area contributed by atoms with Gasteiger partial charge in [0.1, 0.15) is 24.1 Å².